The van der Waals surface area contributed by atoms with Crippen molar-refractivity contribution in [2.24, 2.45) is 0 Å². The van der Waals surface area contributed by atoms with Crippen LogP contribution in [-0.2, 0) is 17.8 Å². The van der Waals surface area contributed by atoms with Crippen molar-refractivity contribution in [3.63, 3.8) is 0 Å². The fourth-order valence-electron chi connectivity index (χ4n) is 4.14. The number of fused-ring (bicyclic) bond motifs is 2. The second kappa shape index (κ2) is 7.86. The number of hydrogen-bond donors (Lipinski definition) is 1. The molecule has 1 N–H and O–H groups in total. The van der Waals surface area contributed by atoms with Crippen molar-refractivity contribution in [3.8, 4) is 0 Å². The third-order valence-electron chi connectivity index (χ3n) is 5.83. The van der Waals surface area contributed by atoms with Crippen LogP contribution in [0.5, 0.6) is 0 Å². The molecule has 0 radical (unpaired) electrons. The standard InChI is InChI=1S/C20H22F3N5O3/c1-12-3-2-4-16-25-15-7-10-27(11-14(15)17(29)28(12)16)19(31)24-13-5-8-26(9-6-13)18(30)20(21,22)23/h2-4,13H,5-11H2,1H3,(H,24,31). The van der Waals surface area contributed by atoms with E-state index in [1.165, 1.54) is 9.30 Å². The molecule has 2 aromatic heterocycles. The van der Waals surface area contributed by atoms with Gasteiger partial charge in [0.15, 0.2) is 0 Å². The molecule has 31 heavy (non-hydrogen) atoms. The fourth-order valence-corrected chi connectivity index (χ4v) is 4.14. The van der Waals surface area contributed by atoms with Crippen LogP contribution in [0.3, 0.4) is 0 Å². The van der Waals surface area contributed by atoms with Crippen LogP contribution in [0, 0.1) is 6.92 Å². The maximum atomic E-state index is 13.0. The van der Waals surface area contributed by atoms with E-state index in [0.717, 1.165) is 10.6 Å². The maximum absolute atomic E-state index is 13.0. The second-order valence-corrected chi connectivity index (χ2v) is 7.89. The smallest absolute Gasteiger partial charge is 0.335 e. The van der Waals surface area contributed by atoms with Gasteiger partial charge in [-0.2, -0.15) is 13.2 Å². The van der Waals surface area contributed by atoms with E-state index in [1.54, 1.807) is 6.07 Å². The van der Waals surface area contributed by atoms with E-state index in [-0.39, 0.29) is 50.1 Å². The van der Waals surface area contributed by atoms with Gasteiger partial charge in [0.2, 0.25) is 0 Å². The van der Waals surface area contributed by atoms with Gasteiger partial charge in [0.05, 0.1) is 17.8 Å². The van der Waals surface area contributed by atoms with Crippen molar-refractivity contribution in [1.82, 2.24) is 24.5 Å². The van der Waals surface area contributed by atoms with Crippen LogP contribution < -0.4 is 10.9 Å². The summed E-state index contributed by atoms with van der Waals surface area (Å²) >= 11 is 0. The molecule has 3 amide bonds. The Hall–Kier alpha value is -3.11. The van der Waals surface area contributed by atoms with Crippen molar-refractivity contribution >= 4 is 17.6 Å². The summed E-state index contributed by atoms with van der Waals surface area (Å²) in [5.74, 6) is -1.85. The van der Waals surface area contributed by atoms with Gasteiger partial charge in [-0.15, -0.1) is 0 Å². The number of amides is 3. The van der Waals surface area contributed by atoms with Gasteiger partial charge in [0, 0.05) is 37.8 Å². The summed E-state index contributed by atoms with van der Waals surface area (Å²) in [5.41, 5.74) is 2.27. The number of rotatable bonds is 1. The van der Waals surface area contributed by atoms with Crippen LogP contribution in [0.1, 0.15) is 29.8 Å². The Morgan fingerprint density at radius 3 is 2.52 bits per heavy atom. The van der Waals surface area contributed by atoms with Crippen molar-refractivity contribution in [2.75, 3.05) is 19.6 Å². The number of piperidine rings is 1. The molecule has 0 aromatic carbocycles. The molecule has 4 heterocycles. The number of pyridine rings is 1. The predicted octanol–water partition coefficient (Wildman–Crippen LogP) is 1.62. The van der Waals surface area contributed by atoms with E-state index in [4.69, 9.17) is 0 Å². The topological polar surface area (TPSA) is 87.0 Å². The Balaban J connectivity index is 1.41. The molecule has 0 spiro atoms. The summed E-state index contributed by atoms with van der Waals surface area (Å²) in [5, 5.41) is 2.82. The molecule has 8 nitrogen and oxygen atoms in total. The van der Waals surface area contributed by atoms with Gasteiger partial charge in [-0.3, -0.25) is 14.0 Å². The highest BCUT2D eigenvalue weighted by atomic mass is 19.4. The van der Waals surface area contributed by atoms with E-state index in [2.05, 4.69) is 10.3 Å². The predicted molar refractivity (Wildman–Crippen MR) is 105 cm³/mol. The molecule has 1 saturated heterocycles. The summed E-state index contributed by atoms with van der Waals surface area (Å²) in [6, 6.07) is 4.71. The molecular weight excluding hydrogens is 415 g/mol. The minimum absolute atomic E-state index is 0.0668. The molecule has 0 bridgehead atoms. The SMILES string of the molecule is Cc1cccc2nc3c(c(=O)n12)CN(C(=O)NC1CCN(C(=O)C(F)(F)F)CC1)CC3. The lowest BCUT2D eigenvalue weighted by Gasteiger charge is -2.35. The van der Waals surface area contributed by atoms with E-state index < -0.39 is 12.1 Å². The molecule has 2 aliphatic heterocycles. The molecule has 11 heteroatoms. The zero-order chi connectivity index (χ0) is 22.3. The van der Waals surface area contributed by atoms with Crippen LogP contribution >= 0.6 is 0 Å². The number of alkyl halides is 3. The van der Waals surface area contributed by atoms with Gasteiger partial charge >= 0.3 is 18.1 Å². The highest BCUT2D eigenvalue weighted by Gasteiger charge is 2.43. The van der Waals surface area contributed by atoms with Gasteiger partial charge in [0.1, 0.15) is 5.65 Å². The molecule has 4 rings (SSSR count). The van der Waals surface area contributed by atoms with E-state index in [9.17, 15) is 27.6 Å². The first-order valence-electron chi connectivity index (χ1n) is 10.1. The molecule has 2 aliphatic rings. The first-order valence-corrected chi connectivity index (χ1v) is 10.1. The number of likely N-dealkylation sites (tertiary alicyclic amines) is 1. The summed E-state index contributed by atoms with van der Waals surface area (Å²) < 4.78 is 39.2. The minimum Gasteiger partial charge on any atom is -0.335 e. The lowest BCUT2D eigenvalue weighted by molar-refractivity contribution is -0.186. The average molecular weight is 437 g/mol. The second-order valence-electron chi connectivity index (χ2n) is 7.89. The summed E-state index contributed by atoms with van der Waals surface area (Å²) in [7, 11) is 0. The zero-order valence-corrected chi connectivity index (χ0v) is 16.9. The van der Waals surface area contributed by atoms with Gasteiger partial charge in [0.25, 0.3) is 5.56 Å². The van der Waals surface area contributed by atoms with Crippen LogP contribution in [0.25, 0.3) is 5.65 Å². The zero-order valence-electron chi connectivity index (χ0n) is 16.9. The van der Waals surface area contributed by atoms with E-state index >= 15 is 0 Å². The van der Waals surface area contributed by atoms with Gasteiger partial charge in [-0.1, -0.05) is 6.07 Å². The largest absolute Gasteiger partial charge is 0.471 e. The lowest BCUT2D eigenvalue weighted by atomic mass is 10.0. The van der Waals surface area contributed by atoms with Gasteiger partial charge in [-0.05, 0) is 31.9 Å². The average Bonchev–Trinajstić information content (AvgIpc) is 2.73. The molecular formula is C20H22F3N5O3. The summed E-state index contributed by atoms with van der Waals surface area (Å²) in [6.45, 7) is 2.19. The van der Waals surface area contributed by atoms with Crippen LogP contribution in [0.15, 0.2) is 23.0 Å². The first kappa shape index (κ1) is 21.1. The highest BCUT2D eigenvalue weighted by Crippen LogP contribution is 2.22. The number of halogens is 3. The quantitative estimate of drug-likeness (QED) is 0.735. The number of hydrogen-bond acceptors (Lipinski definition) is 4. The number of nitrogens with zero attached hydrogens (tertiary/aromatic N) is 4. The monoisotopic (exact) mass is 437 g/mol. The third-order valence-corrected chi connectivity index (χ3v) is 5.83. The number of nitrogens with one attached hydrogen (secondary N) is 1. The Kier molecular flexibility index (Phi) is 5.36. The normalized spacial score (nSPS) is 17.5. The summed E-state index contributed by atoms with van der Waals surface area (Å²) in [4.78, 5) is 43.9. The Labute approximate surface area is 175 Å². The van der Waals surface area contributed by atoms with Gasteiger partial charge < -0.3 is 15.1 Å². The van der Waals surface area contributed by atoms with Crippen LogP contribution in [0.2, 0.25) is 0 Å². The number of carbonyl (C=O) groups excluding carboxylic acids is 2. The van der Waals surface area contributed by atoms with Crippen molar-refractivity contribution < 1.29 is 22.8 Å². The molecule has 0 atom stereocenters. The van der Waals surface area contributed by atoms with Crippen molar-refractivity contribution in [3.05, 3.63) is 45.5 Å². The number of aryl methyl sites for hydroxylation is 1. The lowest BCUT2D eigenvalue weighted by Crippen LogP contribution is -2.53. The maximum Gasteiger partial charge on any atom is 0.471 e. The van der Waals surface area contributed by atoms with E-state index in [1.807, 2.05) is 19.1 Å². The minimum atomic E-state index is -4.89. The fraction of sp³-hybridized carbons (Fsp3) is 0.500. The molecule has 166 valence electrons. The van der Waals surface area contributed by atoms with Crippen LogP contribution in [-0.4, -0.2) is 63.0 Å². The molecule has 1 fully saturated rings. The van der Waals surface area contributed by atoms with Crippen molar-refractivity contribution in [2.45, 2.75) is 44.9 Å². The van der Waals surface area contributed by atoms with Gasteiger partial charge in [-0.25, -0.2) is 9.78 Å². The van der Waals surface area contributed by atoms with Crippen molar-refractivity contribution in [1.29, 1.82) is 0 Å². The number of urea groups is 1. The molecule has 0 unspecified atom stereocenters. The summed E-state index contributed by atoms with van der Waals surface area (Å²) in [6.07, 6.45) is -3.96. The molecule has 2 aromatic rings. The first-order chi connectivity index (χ1) is 14.6. The van der Waals surface area contributed by atoms with Crippen LogP contribution in [0.4, 0.5) is 18.0 Å². The van der Waals surface area contributed by atoms with E-state index in [0.29, 0.717) is 29.9 Å². The molecule has 0 saturated carbocycles. The number of aromatic nitrogens is 2. The Bertz CT molecular complexity index is 1090. The number of carbonyl (C=O) groups is 2. The highest BCUT2D eigenvalue weighted by molar-refractivity contribution is 5.82. The Morgan fingerprint density at radius 2 is 1.84 bits per heavy atom. The third kappa shape index (κ3) is 4.08. The Morgan fingerprint density at radius 1 is 1.13 bits per heavy atom. The molecule has 0 aliphatic carbocycles.